The van der Waals surface area contributed by atoms with Crippen LogP contribution in [0, 0.1) is 0 Å². The third kappa shape index (κ3) is 1.41. The van der Waals surface area contributed by atoms with E-state index in [1.165, 1.54) is 17.8 Å². The predicted molar refractivity (Wildman–Crippen MR) is 55.7 cm³/mol. The zero-order valence-corrected chi connectivity index (χ0v) is 8.32. The molecule has 0 amide bonds. The van der Waals surface area contributed by atoms with E-state index in [2.05, 4.69) is 38.7 Å². The number of benzene rings is 1. The highest BCUT2D eigenvalue weighted by molar-refractivity contribution is 9.10. The molecule has 0 unspecified atom stereocenters. The van der Waals surface area contributed by atoms with Crippen LogP contribution in [-0.2, 0) is 0 Å². The Balaban J connectivity index is 2.42. The minimum absolute atomic E-state index is 1.04. The van der Waals surface area contributed by atoms with Gasteiger partial charge in [-0.3, -0.25) is 0 Å². The molecule has 0 atom stereocenters. The van der Waals surface area contributed by atoms with Gasteiger partial charge in [0.1, 0.15) is 0 Å². The number of nitrogens with one attached hydrogen (secondary N) is 2. The van der Waals surface area contributed by atoms with Gasteiger partial charge in [0.2, 0.25) is 0 Å². The van der Waals surface area contributed by atoms with Gasteiger partial charge in [-0.2, -0.15) is 0 Å². The van der Waals surface area contributed by atoms with Gasteiger partial charge in [0.25, 0.3) is 0 Å². The SMILES string of the molecule is Brc1cccc2c1NCCCN2. The first-order valence-electron chi connectivity index (χ1n) is 4.14. The van der Waals surface area contributed by atoms with Crippen LogP contribution in [-0.4, -0.2) is 13.1 Å². The second-order valence-corrected chi connectivity index (χ2v) is 3.72. The van der Waals surface area contributed by atoms with Crippen molar-refractivity contribution >= 4 is 27.3 Å². The van der Waals surface area contributed by atoms with Crippen molar-refractivity contribution < 1.29 is 0 Å². The van der Waals surface area contributed by atoms with Crippen LogP contribution in [0.5, 0.6) is 0 Å². The molecule has 2 nitrogen and oxygen atoms in total. The van der Waals surface area contributed by atoms with Crippen LogP contribution in [0.3, 0.4) is 0 Å². The molecule has 0 aliphatic carbocycles. The van der Waals surface area contributed by atoms with E-state index in [4.69, 9.17) is 0 Å². The lowest BCUT2D eigenvalue weighted by Crippen LogP contribution is -2.01. The summed E-state index contributed by atoms with van der Waals surface area (Å²) in [4.78, 5) is 0. The Hall–Kier alpha value is -0.700. The summed E-state index contributed by atoms with van der Waals surface area (Å²) in [5, 5.41) is 6.76. The average Bonchev–Trinajstić information content (AvgIpc) is 2.30. The fraction of sp³-hybridized carbons (Fsp3) is 0.333. The first-order valence-corrected chi connectivity index (χ1v) is 4.93. The Kier molecular flexibility index (Phi) is 2.21. The number of fused-ring (bicyclic) bond motifs is 1. The van der Waals surface area contributed by atoms with E-state index in [9.17, 15) is 0 Å². The van der Waals surface area contributed by atoms with Gasteiger partial charge in [0, 0.05) is 17.6 Å². The molecule has 0 fully saturated rings. The number of para-hydroxylation sites is 1. The van der Waals surface area contributed by atoms with Crippen molar-refractivity contribution in [2.24, 2.45) is 0 Å². The van der Waals surface area contributed by atoms with Crippen molar-refractivity contribution in [2.75, 3.05) is 23.7 Å². The molecule has 1 aliphatic rings. The highest BCUT2D eigenvalue weighted by atomic mass is 79.9. The van der Waals surface area contributed by atoms with Crippen molar-refractivity contribution in [2.45, 2.75) is 6.42 Å². The first kappa shape index (κ1) is 7.92. The molecule has 1 aromatic carbocycles. The standard InChI is InChI=1S/C9H11BrN2/c10-7-3-1-4-8-9(7)12-6-2-5-11-8/h1,3-4,11-12H,2,5-6H2. The molecule has 2 rings (SSSR count). The Bertz CT molecular complexity index is 286. The molecular formula is C9H11BrN2. The minimum Gasteiger partial charge on any atom is -0.383 e. The summed E-state index contributed by atoms with van der Waals surface area (Å²) >= 11 is 3.51. The molecule has 64 valence electrons. The predicted octanol–water partition coefficient (Wildman–Crippen LogP) is 2.68. The molecule has 1 aromatic rings. The number of rotatable bonds is 0. The van der Waals surface area contributed by atoms with Crippen molar-refractivity contribution in [3.63, 3.8) is 0 Å². The maximum Gasteiger partial charge on any atom is 0.0720 e. The molecule has 0 bridgehead atoms. The zero-order valence-electron chi connectivity index (χ0n) is 6.73. The lowest BCUT2D eigenvalue weighted by molar-refractivity contribution is 0.928. The minimum atomic E-state index is 1.04. The van der Waals surface area contributed by atoms with Gasteiger partial charge in [-0.15, -0.1) is 0 Å². The number of hydrogen-bond donors (Lipinski definition) is 2. The fourth-order valence-corrected chi connectivity index (χ4v) is 1.88. The molecule has 0 spiro atoms. The summed E-state index contributed by atoms with van der Waals surface area (Å²) in [6.07, 6.45) is 1.17. The summed E-state index contributed by atoms with van der Waals surface area (Å²) in [5.74, 6) is 0. The molecule has 3 heteroatoms. The molecule has 0 radical (unpaired) electrons. The molecule has 1 aliphatic heterocycles. The molecule has 12 heavy (non-hydrogen) atoms. The third-order valence-corrected chi connectivity index (χ3v) is 2.65. The lowest BCUT2D eigenvalue weighted by atomic mass is 10.2. The summed E-state index contributed by atoms with van der Waals surface area (Å²) < 4.78 is 1.13. The second-order valence-electron chi connectivity index (χ2n) is 2.87. The summed E-state index contributed by atoms with van der Waals surface area (Å²) in [6, 6.07) is 6.19. The van der Waals surface area contributed by atoms with Crippen LogP contribution in [0.2, 0.25) is 0 Å². The maximum atomic E-state index is 3.51. The number of halogens is 1. The van der Waals surface area contributed by atoms with Gasteiger partial charge in [-0.25, -0.2) is 0 Å². The first-order chi connectivity index (χ1) is 5.88. The zero-order chi connectivity index (χ0) is 8.39. The molecule has 2 N–H and O–H groups in total. The van der Waals surface area contributed by atoms with Crippen LogP contribution in [0.4, 0.5) is 11.4 Å². The molecular weight excluding hydrogens is 216 g/mol. The van der Waals surface area contributed by atoms with E-state index < -0.39 is 0 Å². The second kappa shape index (κ2) is 3.35. The van der Waals surface area contributed by atoms with Gasteiger partial charge in [-0.1, -0.05) is 6.07 Å². The topological polar surface area (TPSA) is 24.1 Å². The normalized spacial score (nSPS) is 15.4. The lowest BCUT2D eigenvalue weighted by Gasteiger charge is -2.09. The maximum absolute atomic E-state index is 3.51. The van der Waals surface area contributed by atoms with E-state index >= 15 is 0 Å². The molecule has 1 heterocycles. The Labute approximate surface area is 80.5 Å². The van der Waals surface area contributed by atoms with Gasteiger partial charge in [0.05, 0.1) is 11.4 Å². The fourth-order valence-electron chi connectivity index (χ4n) is 1.38. The van der Waals surface area contributed by atoms with E-state index in [-0.39, 0.29) is 0 Å². The average molecular weight is 227 g/mol. The third-order valence-electron chi connectivity index (χ3n) is 1.98. The largest absolute Gasteiger partial charge is 0.383 e. The van der Waals surface area contributed by atoms with Crippen LogP contribution in [0.1, 0.15) is 6.42 Å². The Morgan fingerprint density at radius 2 is 2.00 bits per heavy atom. The van der Waals surface area contributed by atoms with E-state index in [1.54, 1.807) is 0 Å². The highest BCUT2D eigenvalue weighted by Crippen LogP contribution is 2.31. The number of hydrogen-bond acceptors (Lipinski definition) is 2. The monoisotopic (exact) mass is 226 g/mol. The van der Waals surface area contributed by atoms with Gasteiger partial charge in [0.15, 0.2) is 0 Å². The van der Waals surface area contributed by atoms with E-state index in [0.29, 0.717) is 0 Å². The molecule has 0 aromatic heterocycles. The van der Waals surface area contributed by atoms with Crippen molar-refractivity contribution in [1.29, 1.82) is 0 Å². The molecule has 0 saturated heterocycles. The summed E-state index contributed by atoms with van der Waals surface area (Å²) in [5.41, 5.74) is 2.39. The van der Waals surface area contributed by atoms with Crippen LogP contribution in [0.15, 0.2) is 22.7 Å². The van der Waals surface area contributed by atoms with Crippen LogP contribution >= 0.6 is 15.9 Å². The van der Waals surface area contributed by atoms with Crippen molar-refractivity contribution in [3.05, 3.63) is 22.7 Å². The van der Waals surface area contributed by atoms with Crippen LogP contribution in [0.25, 0.3) is 0 Å². The summed E-state index contributed by atoms with van der Waals surface area (Å²) in [7, 11) is 0. The van der Waals surface area contributed by atoms with Crippen molar-refractivity contribution in [1.82, 2.24) is 0 Å². The van der Waals surface area contributed by atoms with Gasteiger partial charge >= 0.3 is 0 Å². The van der Waals surface area contributed by atoms with Gasteiger partial charge in [-0.05, 0) is 34.5 Å². The highest BCUT2D eigenvalue weighted by Gasteiger charge is 2.07. The Morgan fingerprint density at radius 1 is 1.17 bits per heavy atom. The quantitative estimate of drug-likeness (QED) is 0.711. The van der Waals surface area contributed by atoms with Crippen LogP contribution < -0.4 is 10.6 Å². The van der Waals surface area contributed by atoms with E-state index in [0.717, 1.165) is 17.6 Å². The molecule has 0 saturated carbocycles. The summed E-state index contributed by atoms with van der Waals surface area (Å²) in [6.45, 7) is 2.10. The number of anilines is 2. The van der Waals surface area contributed by atoms with E-state index in [1.807, 2.05) is 6.07 Å². The van der Waals surface area contributed by atoms with Crippen molar-refractivity contribution in [3.8, 4) is 0 Å². The van der Waals surface area contributed by atoms with Gasteiger partial charge < -0.3 is 10.6 Å². The smallest absolute Gasteiger partial charge is 0.0720 e. The Morgan fingerprint density at radius 3 is 2.92 bits per heavy atom.